The van der Waals surface area contributed by atoms with Gasteiger partial charge in [0.25, 0.3) is 0 Å². The van der Waals surface area contributed by atoms with Gasteiger partial charge in [0, 0.05) is 19.1 Å². The summed E-state index contributed by atoms with van der Waals surface area (Å²) < 4.78 is 0. The van der Waals surface area contributed by atoms with E-state index in [0.717, 1.165) is 23.5 Å². The van der Waals surface area contributed by atoms with E-state index in [9.17, 15) is 9.59 Å². The van der Waals surface area contributed by atoms with E-state index in [-0.39, 0.29) is 11.8 Å². The number of nitrogens with zero attached hydrogens (tertiary/aromatic N) is 1. The van der Waals surface area contributed by atoms with Crippen molar-refractivity contribution >= 4 is 12.1 Å². The first-order valence-electron chi connectivity index (χ1n) is 7.25. The zero-order valence-corrected chi connectivity index (χ0v) is 11.5. The first-order chi connectivity index (χ1) is 9.69. The summed E-state index contributed by atoms with van der Waals surface area (Å²) in [5, 5.41) is 0. The number of aldehydes is 1. The van der Waals surface area contributed by atoms with Gasteiger partial charge in [0.15, 0.2) is 6.29 Å². The highest BCUT2D eigenvalue weighted by Crippen LogP contribution is 2.36. The van der Waals surface area contributed by atoms with E-state index in [4.69, 9.17) is 5.73 Å². The molecule has 1 aliphatic heterocycles. The van der Waals surface area contributed by atoms with Gasteiger partial charge in [0.2, 0.25) is 5.78 Å². The van der Waals surface area contributed by atoms with Crippen LogP contribution in [-0.4, -0.2) is 29.6 Å². The number of ketones is 1. The van der Waals surface area contributed by atoms with Gasteiger partial charge in [0.1, 0.15) is 6.04 Å². The first-order valence-corrected chi connectivity index (χ1v) is 7.25. The summed E-state index contributed by atoms with van der Waals surface area (Å²) in [7, 11) is 0. The van der Waals surface area contributed by atoms with Gasteiger partial charge < -0.3 is 5.73 Å². The monoisotopic (exact) mass is 272 g/mol. The van der Waals surface area contributed by atoms with Gasteiger partial charge >= 0.3 is 0 Å². The van der Waals surface area contributed by atoms with Crippen molar-refractivity contribution in [2.45, 2.75) is 37.9 Å². The Morgan fingerprint density at radius 3 is 2.85 bits per heavy atom. The maximum Gasteiger partial charge on any atom is 0.216 e. The fourth-order valence-electron chi connectivity index (χ4n) is 3.18. The standard InChI is InChI=1S/C16H20N2O2/c17-13(7-11-5-6-11)9-18-8-12-3-1-2-4-14(12)16(18)15(20)10-19/h1-4,10-11,13,16H,5-9,17H2. The van der Waals surface area contributed by atoms with Crippen LogP contribution in [-0.2, 0) is 16.1 Å². The van der Waals surface area contributed by atoms with Crippen LogP contribution in [0.25, 0.3) is 0 Å². The fourth-order valence-corrected chi connectivity index (χ4v) is 3.18. The molecule has 1 saturated carbocycles. The average Bonchev–Trinajstić information content (AvgIpc) is 3.17. The number of carbonyl (C=O) groups is 2. The van der Waals surface area contributed by atoms with Crippen molar-refractivity contribution in [3.05, 3.63) is 35.4 Å². The average molecular weight is 272 g/mol. The second-order valence-electron chi connectivity index (χ2n) is 5.99. The van der Waals surface area contributed by atoms with Crippen molar-refractivity contribution in [2.75, 3.05) is 6.54 Å². The molecule has 1 fully saturated rings. The molecule has 4 heteroatoms. The topological polar surface area (TPSA) is 63.4 Å². The number of fused-ring (bicyclic) bond motifs is 1. The van der Waals surface area contributed by atoms with Crippen molar-refractivity contribution in [3.63, 3.8) is 0 Å². The molecular formula is C16H20N2O2. The highest BCUT2D eigenvalue weighted by atomic mass is 16.2. The SMILES string of the molecule is NC(CC1CC1)CN1Cc2ccccc2C1C(=O)C=O. The number of benzene rings is 1. The zero-order chi connectivity index (χ0) is 14.1. The lowest BCUT2D eigenvalue weighted by molar-refractivity contribution is -0.133. The summed E-state index contributed by atoms with van der Waals surface area (Å²) in [6.07, 6.45) is 4.02. The van der Waals surface area contributed by atoms with Crippen LogP contribution in [0.4, 0.5) is 0 Å². The van der Waals surface area contributed by atoms with Crippen molar-refractivity contribution < 1.29 is 9.59 Å². The number of rotatable bonds is 6. The van der Waals surface area contributed by atoms with E-state index in [2.05, 4.69) is 4.90 Å². The van der Waals surface area contributed by atoms with Crippen molar-refractivity contribution in [1.82, 2.24) is 4.90 Å². The van der Waals surface area contributed by atoms with Crippen LogP contribution in [0.15, 0.2) is 24.3 Å². The molecule has 20 heavy (non-hydrogen) atoms. The number of hydrogen-bond acceptors (Lipinski definition) is 4. The Labute approximate surface area is 118 Å². The largest absolute Gasteiger partial charge is 0.327 e. The normalized spacial score (nSPS) is 23.4. The molecule has 0 saturated heterocycles. The van der Waals surface area contributed by atoms with Crippen LogP contribution in [0.3, 0.4) is 0 Å². The van der Waals surface area contributed by atoms with Crippen molar-refractivity contribution in [2.24, 2.45) is 11.7 Å². The predicted molar refractivity (Wildman–Crippen MR) is 76.0 cm³/mol. The van der Waals surface area contributed by atoms with Crippen LogP contribution in [0, 0.1) is 5.92 Å². The fraction of sp³-hybridized carbons (Fsp3) is 0.500. The van der Waals surface area contributed by atoms with E-state index >= 15 is 0 Å². The highest BCUT2D eigenvalue weighted by Gasteiger charge is 2.36. The molecule has 0 radical (unpaired) electrons. The Morgan fingerprint density at radius 2 is 2.15 bits per heavy atom. The molecule has 0 aromatic heterocycles. The minimum atomic E-state index is -0.436. The van der Waals surface area contributed by atoms with Crippen molar-refractivity contribution in [3.8, 4) is 0 Å². The van der Waals surface area contributed by atoms with Gasteiger partial charge in [-0.15, -0.1) is 0 Å². The molecule has 1 aromatic carbocycles. The second-order valence-corrected chi connectivity index (χ2v) is 5.99. The van der Waals surface area contributed by atoms with E-state index in [1.54, 1.807) is 0 Å². The lowest BCUT2D eigenvalue weighted by atomic mass is 10.0. The molecule has 2 N–H and O–H groups in total. The third kappa shape index (κ3) is 2.67. The van der Waals surface area contributed by atoms with Crippen LogP contribution in [0.1, 0.15) is 36.4 Å². The molecule has 1 heterocycles. The van der Waals surface area contributed by atoms with Gasteiger partial charge in [-0.2, -0.15) is 0 Å². The minimum absolute atomic E-state index is 0.0822. The van der Waals surface area contributed by atoms with Gasteiger partial charge in [-0.3, -0.25) is 14.5 Å². The van der Waals surface area contributed by atoms with Gasteiger partial charge in [-0.05, 0) is 23.5 Å². The van der Waals surface area contributed by atoms with Gasteiger partial charge in [-0.1, -0.05) is 37.1 Å². The lowest BCUT2D eigenvalue weighted by Crippen LogP contribution is -2.39. The summed E-state index contributed by atoms with van der Waals surface area (Å²) in [6, 6.07) is 7.49. The molecule has 2 aliphatic rings. The molecule has 2 atom stereocenters. The number of carbonyl (C=O) groups excluding carboxylic acids is 2. The number of nitrogens with two attached hydrogens (primary N) is 1. The van der Waals surface area contributed by atoms with E-state index in [1.165, 1.54) is 12.8 Å². The Balaban J connectivity index is 1.76. The number of Topliss-reactive ketones (excluding diaryl/α,β-unsaturated/α-hetero) is 1. The highest BCUT2D eigenvalue weighted by molar-refractivity contribution is 6.27. The van der Waals surface area contributed by atoms with E-state index in [1.807, 2.05) is 24.3 Å². The summed E-state index contributed by atoms with van der Waals surface area (Å²) in [4.78, 5) is 24.9. The Hall–Kier alpha value is -1.52. The van der Waals surface area contributed by atoms with Crippen LogP contribution in [0.5, 0.6) is 0 Å². The lowest BCUT2D eigenvalue weighted by Gasteiger charge is -2.25. The third-order valence-corrected chi connectivity index (χ3v) is 4.28. The Bertz CT molecular complexity index is 525. The third-order valence-electron chi connectivity index (χ3n) is 4.28. The molecule has 0 amide bonds. The molecule has 2 unspecified atom stereocenters. The quantitative estimate of drug-likeness (QED) is 0.628. The van der Waals surface area contributed by atoms with Crippen LogP contribution in [0.2, 0.25) is 0 Å². The zero-order valence-electron chi connectivity index (χ0n) is 11.5. The second kappa shape index (κ2) is 5.46. The maximum atomic E-state index is 12.0. The molecule has 1 aliphatic carbocycles. The van der Waals surface area contributed by atoms with E-state index in [0.29, 0.717) is 19.4 Å². The minimum Gasteiger partial charge on any atom is -0.327 e. The molecule has 3 rings (SSSR count). The van der Waals surface area contributed by atoms with E-state index < -0.39 is 6.04 Å². The summed E-state index contributed by atoms with van der Waals surface area (Å²) in [5.74, 6) is 0.406. The molecule has 4 nitrogen and oxygen atoms in total. The Kier molecular flexibility index (Phi) is 3.68. The van der Waals surface area contributed by atoms with Crippen LogP contribution < -0.4 is 5.73 Å². The first kappa shape index (κ1) is 13.5. The Morgan fingerprint density at radius 1 is 1.40 bits per heavy atom. The number of hydrogen-bond donors (Lipinski definition) is 1. The van der Waals surface area contributed by atoms with Gasteiger partial charge in [0.05, 0.1) is 0 Å². The summed E-state index contributed by atoms with van der Waals surface area (Å²) >= 11 is 0. The van der Waals surface area contributed by atoms with Gasteiger partial charge in [-0.25, -0.2) is 0 Å². The molecule has 0 bridgehead atoms. The smallest absolute Gasteiger partial charge is 0.216 e. The molecule has 1 aromatic rings. The molecule has 0 spiro atoms. The summed E-state index contributed by atoms with van der Waals surface area (Å²) in [5.41, 5.74) is 8.28. The molecular weight excluding hydrogens is 252 g/mol. The maximum absolute atomic E-state index is 12.0. The predicted octanol–water partition coefficient (Wildman–Crippen LogP) is 1.44. The van der Waals surface area contributed by atoms with Crippen LogP contribution >= 0.6 is 0 Å². The van der Waals surface area contributed by atoms with Crippen molar-refractivity contribution in [1.29, 1.82) is 0 Å². The summed E-state index contributed by atoms with van der Waals surface area (Å²) in [6.45, 7) is 1.38. The molecule has 106 valence electrons.